The summed E-state index contributed by atoms with van der Waals surface area (Å²) in [7, 11) is 0. The summed E-state index contributed by atoms with van der Waals surface area (Å²) in [5.74, 6) is -0.189. The lowest BCUT2D eigenvalue weighted by atomic mass is 10.2. The normalized spacial score (nSPS) is 15.2. The minimum Gasteiger partial charge on any atom is -0.382 e. The van der Waals surface area contributed by atoms with Crippen molar-refractivity contribution in [2.75, 3.05) is 19.8 Å². The highest BCUT2D eigenvalue weighted by Crippen LogP contribution is 2.35. The second-order valence-corrected chi connectivity index (χ2v) is 10.1. The van der Waals surface area contributed by atoms with Gasteiger partial charge in [-0.2, -0.15) is 0 Å². The molecule has 9 heteroatoms. The average Bonchev–Trinajstić information content (AvgIpc) is 3.07. The van der Waals surface area contributed by atoms with Crippen LogP contribution in [-0.2, 0) is 9.53 Å². The summed E-state index contributed by atoms with van der Waals surface area (Å²) < 4.78 is 7.38. The Morgan fingerprint density at radius 1 is 1.18 bits per heavy atom. The van der Waals surface area contributed by atoms with Crippen molar-refractivity contribution in [3.8, 4) is 0 Å². The lowest BCUT2D eigenvalue weighted by Crippen LogP contribution is -2.29. The molecule has 1 aliphatic rings. The van der Waals surface area contributed by atoms with Gasteiger partial charge in [0, 0.05) is 30.9 Å². The fourth-order valence-corrected chi connectivity index (χ4v) is 5.53. The molecule has 4 rings (SSSR count). The maximum absolute atomic E-state index is 13.5. The Hall–Kier alpha value is -2.46. The summed E-state index contributed by atoms with van der Waals surface area (Å²) in [6.07, 6.45) is 4.09. The second kappa shape index (κ2) is 10.6. The maximum Gasteiger partial charge on any atom is 0.266 e. The van der Waals surface area contributed by atoms with Gasteiger partial charge in [0.2, 0.25) is 0 Å². The standard InChI is InChI=1S/C24H23N3O3S3/c1-3-30-13-7-12-26-23(29)19(33-24(26)31)14-18-21(32-17-8-5-4-6-9-17)25-20-11-10-16(2)15-27(20)22(18)28/h4-6,8-11,14-15H,3,7,12-13H2,1-2H3/b19-14-. The molecule has 1 amide bonds. The monoisotopic (exact) mass is 497 g/mol. The predicted octanol–water partition coefficient (Wildman–Crippen LogP) is 4.78. The first-order valence-corrected chi connectivity index (χ1v) is 12.6. The highest BCUT2D eigenvalue weighted by Gasteiger charge is 2.32. The molecule has 0 N–H and O–H groups in total. The Bertz CT molecular complexity index is 1290. The number of hydrogen-bond acceptors (Lipinski definition) is 7. The van der Waals surface area contributed by atoms with Crippen LogP contribution >= 0.6 is 35.7 Å². The van der Waals surface area contributed by atoms with Crippen molar-refractivity contribution in [1.29, 1.82) is 0 Å². The third-order valence-electron chi connectivity index (χ3n) is 4.95. The van der Waals surface area contributed by atoms with Gasteiger partial charge in [0.25, 0.3) is 11.5 Å². The lowest BCUT2D eigenvalue weighted by molar-refractivity contribution is -0.122. The van der Waals surface area contributed by atoms with E-state index in [1.165, 1.54) is 27.9 Å². The third kappa shape index (κ3) is 5.38. The number of nitrogens with zero attached hydrogens (tertiary/aromatic N) is 3. The number of pyridine rings is 1. The number of carbonyl (C=O) groups is 1. The molecule has 3 heterocycles. The number of thiocarbonyl (C=S) groups is 1. The van der Waals surface area contributed by atoms with Gasteiger partial charge in [0.15, 0.2) is 0 Å². The van der Waals surface area contributed by atoms with Crippen molar-refractivity contribution in [3.63, 3.8) is 0 Å². The second-order valence-electron chi connectivity index (χ2n) is 7.37. The van der Waals surface area contributed by atoms with E-state index >= 15 is 0 Å². The van der Waals surface area contributed by atoms with Crippen molar-refractivity contribution in [2.24, 2.45) is 0 Å². The summed E-state index contributed by atoms with van der Waals surface area (Å²) in [5.41, 5.74) is 1.66. The highest BCUT2D eigenvalue weighted by atomic mass is 32.2. The SMILES string of the molecule is CCOCCCN1C(=O)/C(=C/c2c(Sc3ccccc3)nc3ccc(C)cn3c2=O)SC1=S. The Morgan fingerprint density at radius 2 is 1.97 bits per heavy atom. The highest BCUT2D eigenvalue weighted by molar-refractivity contribution is 8.26. The zero-order valence-corrected chi connectivity index (χ0v) is 20.8. The first-order chi connectivity index (χ1) is 16.0. The van der Waals surface area contributed by atoms with Crippen molar-refractivity contribution in [3.05, 3.63) is 75.0 Å². The topological polar surface area (TPSA) is 63.9 Å². The quantitative estimate of drug-likeness (QED) is 0.192. The Balaban J connectivity index is 1.74. The zero-order chi connectivity index (χ0) is 23.4. The lowest BCUT2D eigenvalue weighted by Gasteiger charge is -2.14. The van der Waals surface area contributed by atoms with Crippen LogP contribution in [0.1, 0.15) is 24.5 Å². The van der Waals surface area contributed by atoms with Crippen LogP contribution in [0.15, 0.2) is 68.3 Å². The maximum atomic E-state index is 13.5. The van der Waals surface area contributed by atoms with Crippen LogP contribution in [0.2, 0.25) is 0 Å². The molecule has 1 saturated heterocycles. The smallest absolute Gasteiger partial charge is 0.266 e. The molecule has 1 fully saturated rings. The Kier molecular flexibility index (Phi) is 7.64. The number of ether oxygens (including phenoxy) is 1. The molecule has 170 valence electrons. The van der Waals surface area contributed by atoms with E-state index in [1.807, 2.05) is 56.3 Å². The third-order valence-corrected chi connectivity index (χ3v) is 7.34. The van der Waals surface area contributed by atoms with E-state index in [0.717, 1.165) is 10.5 Å². The minimum absolute atomic E-state index is 0.189. The van der Waals surface area contributed by atoms with E-state index in [2.05, 4.69) is 0 Å². The van der Waals surface area contributed by atoms with Gasteiger partial charge >= 0.3 is 0 Å². The summed E-state index contributed by atoms with van der Waals surface area (Å²) in [5, 5.41) is 0.552. The van der Waals surface area contributed by atoms with E-state index in [4.69, 9.17) is 21.9 Å². The summed E-state index contributed by atoms with van der Waals surface area (Å²) in [6, 6.07) is 13.5. The molecule has 0 bridgehead atoms. The number of carbonyl (C=O) groups excluding carboxylic acids is 1. The zero-order valence-electron chi connectivity index (χ0n) is 18.3. The van der Waals surface area contributed by atoms with E-state index in [0.29, 0.717) is 51.6 Å². The van der Waals surface area contributed by atoms with E-state index in [9.17, 15) is 9.59 Å². The predicted molar refractivity (Wildman–Crippen MR) is 138 cm³/mol. The molecule has 3 aromatic rings. The van der Waals surface area contributed by atoms with Crippen LogP contribution in [0.3, 0.4) is 0 Å². The molecule has 0 unspecified atom stereocenters. The summed E-state index contributed by atoms with van der Waals surface area (Å²) >= 11 is 8.05. The summed E-state index contributed by atoms with van der Waals surface area (Å²) in [4.78, 5) is 34.2. The van der Waals surface area contributed by atoms with Crippen molar-refractivity contribution >= 4 is 57.7 Å². The van der Waals surface area contributed by atoms with Gasteiger partial charge in [-0.25, -0.2) is 4.98 Å². The van der Waals surface area contributed by atoms with Gasteiger partial charge in [0.1, 0.15) is 15.0 Å². The van der Waals surface area contributed by atoms with Crippen LogP contribution in [0, 0.1) is 6.92 Å². The fraction of sp³-hybridized carbons (Fsp3) is 0.250. The number of thioether (sulfide) groups is 1. The number of hydrogen-bond donors (Lipinski definition) is 0. The van der Waals surface area contributed by atoms with Crippen LogP contribution in [0.25, 0.3) is 11.7 Å². The first kappa shape index (κ1) is 23.7. The number of aryl methyl sites for hydroxylation is 1. The van der Waals surface area contributed by atoms with Crippen molar-refractivity contribution < 1.29 is 9.53 Å². The molecule has 1 aliphatic heterocycles. The molecule has 0 saturated carbocycles. The number of benzene rings is 1. The molecule has 2 aromatic heterocycles. The largest absolute Gasteiger partial charge is 0.382 e. The van der Waals surface area contributed by atoms with Crippen LogP contribution in [0.4, 0.5) is 0 Å². The molecule has 6 nitrogen and oxygen atoms in total. The summed E-state index contributed by atoms with van der Waals surface area (Å²) in [6.45, 7) is 5.55. The molecular formula is C24H23N3O3S3. The van der Waals surface area contributed by atoms with Crippen molar-refractivity contribution in [1.82, 2.24) is 14.3 Å². The Morgan fingerprint density at radius 3 is 2.73 bits per heavy atom. The number of amides is 1. The van der Waals surface area contributed by atoms with E-state index < -0.39 is 0 Å². The van der Waals surface area contributed by atoms with Gasteiger partial charge in [0.05, 0.1) is 10.5 Å². The van der Waals surface area contributed by atoms with E-state index in [1.54, 1.807) is 17.2 Å². The van der Waals surface area contributed by atoms with Crippen LogP contribution in [0.5, 0.6) is 0 Å². The first-order valence-electron chi connectivity index (χ1n) is 10.6. The Labute approximate surface area is 206 Å². The van der Waals surface area contributed by atoms with Crippen molar-refractivity contribution in [2.45, 2.75) is 30.2 Å². The van der Waals surface area contributed by atoms with Gasteiger partial charge < -0.3 is 4.74 Å². The van der Waals surface area contributed by atoms with E-state index in [-0.39, 0.29) is 11.5 Å². The molecule has 0 spiro atoms. The van der Waals surface area contributed by atoms with Gasteiger partial charge in [-0.15, -0.1) is 0 Å². The number of rotatable bonds is 8. The van der Waals surface area contributed by atoms with Gasteiger partial charge in [-0.1, -0.05) is 60.0 Å². The molecule has 0 atom stereocenters. The molecule has 1 aromatic carbocycles. The molecule has 0 radical (unpaired) electrons. The number of fused-ring (bicyclic) bond motifs is 1. The molecule has 0 aliphatic carbocycles. The minimum atomic E-state index is -0.219. The van der Waals surface area contributed by atoms with Gasteiger partial charge in [-0.05, 0) is 50.1 Å². The molecule has 33 heavy (non-hydrogen) atoms. The van der Waals surface area contributed by atoms with Gasteiger partial charge in [-0.3, -0.25) is 18.9 Å². The average molecular weight is 498 g/mol. The fourth-order valence-electron chi connectivity index (χ4n) is 3.33. The molecular weight excluding hydrogens is 474 g/mol. The van der Waals surface area contributed by atoms with Crippen LogP contribution < -0.4 is 5.56 Å². The number of aromatic nitrogens is 2. The van der Waals surface area contributed by atoms with Crippen LogP contribution in [-0.4, -0.2) is 44.3 Å².